The predicted octanol–water partition coefficient (Wildman–Crippen LogP) is 1.50. The van der Waals surface area contributed by atoms with E-state index < -0.39 is 23.6 Å². The third-order valence-electron chi connectivity index (χ3n) is 5.32. The highest BCUT2D eigenvalue weighted by Crippen LogP contribution is 2.14. The van der Waals surface area contributed by atoms with E-state index in [4.69, 9.17) is 5.73 Å². The molecule has 0 saturated carbocycles. The fraction of sp³-hybridized carbons (Fsp3) is 0.292. The quantitative estimate of drug-likeness (QED) is 0.429. The summed E-state index contributed by atoms with van der Waals surface area (Å²) >= 11 is 0. The molecule has 1 unspecified atom stereocenters. The summed E-state index contributed by atoms with van der Waals surface area (Å²) in [5.74, 6) is -2.19. The molecule has 3 aromatic rings. The molecule has 0 saturated heterocycles. The molecule has 0 radical (unpaired) electrons. The van der Waals surface area contributed by atoms with Crippen molar-refractivity contribution in [2.24, 2.45) is 5.73 Å². The summed E-state index contributed by atoms with van der Waals surface area (Å²) < 4.78 is 1.54. The lowest BCUT2D eigenvalue weighted by Gasteiger charge is -2.17. The first kappa shape index (κ1) is 23.8. The van der Waals surface area contributed by atoms with E-state index in [-0.39, 0.29) is 12.0 Å². The maximum Gasteiger partial charge on any atom is 0.287 e. The molecule has 172 valence electrons. The van der Waals surface area contributed by atoms with Crippen LogP contribution >= 0.6 is 0 Å². The molecule has 1 atom stereocenters. The molecule has 0 aliphatic heterocycles. The van der Waals surface area contributed by atoms with Crippen LogP contribution in [0, 0.1) is 0 Å². The number of hydrogen-bond acceptors (Lipinski definition) is 6. The van der Waals surface area contributed by atoms with Gasteiger partial charge in [-0.05, 0) is 36.9 Å². The number of nitrogens with two attached hydrogens (primary N) is 1. The first-order chi connectivity index (χ1) is 15.9. The van der Waals surface area contributed by atoms with Crippen molar-refractivity contribution in [2.45, 2.75) is 32.9 Å². The third-order valence-corrected chi connectivity index (χ3v) is 5.32. The van der Waals surface area contributed by atoms with Crippen molar-refractivity contribution in [1.82, 2.24) is 25.0 Å². The molecule has 0 spiro atoms. The van der Waals surface area contributed by atoms with Crippen molar-refractivity contribution in [3.05, 3.63) is 77.7 Å². The molecule has 1 aromatic carbocycles. The van der Waals surface area contributed by atoms with Crippen LogP contribution in [0.3, 0.4) is 0 Å². The standard InChI is InChI=1S/C24H28N6O3/c1-3-29(4-2)16-18-12-14-30(28-18)23-19(11-8-13-26-23)24(33)27-20(21(31)22(25)32)15-17-9-6-5-7-10-17/h5-14,20H,3-4,15-16H2,1-2H3,(H2,25,32)(H,27,33). The van der Waals surface area contributed by atoms with Gasteiger partial charge in [-0.1, -0.05) is 44.2 Å². The number of nitrogens with zero attached hydrogens (tertiary/aromatic N) is 4. The Bertz CT molecular complexity index is 1110. The summed E-state index contributed by atoms with van der Waals surface area (Å²) in [6, 6.07) is 13.1. The van der Waals surface area contributed by atoms with Gasteiger partial charge in [0, 0.05) is 25.4 Å². The number of carbonyl (C=O) groups is 3. The van der Waals surface area contributed by atoms with Gasteiger partial charge in [0.2, 0.25) is 5.78 Å². The number of pyridine rings is 1. The Hall–Kier alpha value is -3.85. The summed E-state index contributed by atoms with van der Waals surface area (Å²) in [4.78, 5) is 43.7. The molecule has 2 aromatic heterocycles. The largest absolute Gasteiger partial charge is 0.363 e. The highest BCUT2D eigenvalue weighted by atomic mass is 16.2. The van der Waals surface area contributed by atoms with Crippen molar-refractivity contribution in [3.8, 4) is 5.82 Å². The van der Waals surface area contributed by atoms with Crippen molar-refractivity contribution < 1.29 is 14.4 Å². The SMILES string of the molecule is CCN(CC)Cc1ccn(-c2ncccc2C(=O)NC(Cc2ccccc2)C(=O)C(N)=O)n1. The van der Waals surface area contributed by atoms with Gasteiger partial charge in [-0.25, -0.2) is 9.67 Å². The number of Topliss-reactive ketones (excluding diaryl/α,β-unsaturated/α-hetero) is 1. The van der Waals surface area contributed by atoms with Gasteiger partial charge in [0.15, 0.2) is 5.82 Å². The van der Waals surface area contributed by atoms with Crippen molar-refractivity contribution in [2.75, 3.05) is 13.1 Å². The Kier molecular flexibility index (Phi) is 8.04. The molecule has 0 fully saturated rings. The minimum absolute atomic E-state index is 0.139. The Morgan fingerprint density at radius 3 is 2.45 bits per heavy atom. The molecule has 33 heavy (non-hydrogen) atoms. The van der Waals surface area contributed by atoms with E-state index >= 15 is 0 Å². The van der Waals surface area contributed by atoms with Gasteiger partial charge in [0.05, 0.1) is 11.3 Å². The van der Waals surface area contributed by atoms with Gasteiger partial charge in [-0.3, -0.25) is 19.3 Å². The lowest BCUT2D eigenvalue weighted by molar-refractivity contribution is -0.137. The van der Waals surface area contributed by atoms with Gasteiger partial charge < -0.3 is 11.1 Å². The number of hydrogen-bond donors (Lipinski definition) is 2. The third kappa shape index (κ3) is 6.11. The molecular weight excluding hydrogens is 420 g/mol. The highest BCUT2D eigenvalue weighted by molar-refractivity contribution is 6.38. The molecular formula is C24H28N6O3. The molecule has 2 amide bonds. The monoisotopic (exact) mass is 448 g/mol. The number of aromatic nitrogens is 3. The Balaban J connectivity index is 1.84. The Labute approximate surface area is 192 Å². The number of rotatable bonds is 11. The van der Waals surface area contributed by atoms with E-state index in [0.29, 0.717) is 12.4 Å². The zero-order valence-electron chi connectivity index (χ0n) is 18.8. The van der Waals surface area contributed by atoms with Crippen LogP contribution in [0.1, 0.15) is 35.5 Å². The van der Waals surface area contributed by atoms with Crippen molar-refractivity contribution in [3.63, 3.8) is 0 Å². The second-order valence-electron chi connectivity index (χ2n) is 7.53. The normalized spacial score (nSPS) is 11.8. The predicted molar refractivity (Wildman–Crippen MR) is 124 cm³/mol. The average Bonchev–Trinajstić information content (AvgIpc) is 3.30. The molecule has 9 heteroatoms. The number of amides is 2. The molecule has 3 N–H and O–H groups in total. The molecule has 3 rings (SSSR count). The highest BCUT2D eigenvalue weighted by Gasteiger charge is 2.27. The lowest BCUT2D eigenvalue weighted by Crippen LogP contribution is -2.47. The lowest BCUT2D eigenvalue weighted by atomic mass is 10.0. The Morgan fingerprint density at radius 2 is 1.79 bits per heavy atom. The first-order valence-electron chi connectivity index (χ1n) is 10.8. The molecule has 2 heterocycles. The molecule has 0 aliphatic rings. The van der Waals surface area contributed by atoms with Gasteiger partial charge in [0.1, 0.15) is 6.04 Å². The van der Waals surface area contributed by atoms with Crippen molar-refractivity contribution >= 4 is 17.6 Å². The molecule has 0 bridgehead atoms. The van der Waals surface area contributed by atoms with E-state index in [1.54, 1.807) is 24.5 Å². The summed E-state index contributed by atoms with van der Waals surface area (Å²) in [5.41, 5.74) is 7.09. The van der Waals surface area contributed by atoms with Crippen LogP contribution in [-0.4, -0.2) is 56.4 Å². The van der Waals surface area contributed by atoms with Crippen LogP contribution in [0.5, 0.6) is 0 Å². The maximum atomic E-state index is 13.1. The number of carbonyl (C=O) groups excluding carboxylic acids is 3. The summed E-state index contributed by atoms with van der Waals surface area (Å²) in [7, 11) is 0. The number of primary amides is 1. The van der Waals surface area contributed by atoms with E-state index in [1.165, 1.54) is 4.68 Å². The number of ketones is 1. The zero-order valence-corrected chi connectivity index (χ0v) is 18.8. The van der Waals surface area contributed by atoms with Gasteiger partial charge in [-0.2, -0.15) is 5.10 Å². The number of nitrogens with one attached hydrogen (secondary N) is 1. The minimum atomic E-state index is -1.10. The summed E-state index contributed by atoms with van der Waals surface area (Å²) in [6.45, 7) is 6.65. The molecule has 9 nitrogen and oxygen atoms in total. The average molecular weight is 449 g/mol. The smallest absolute Gasteiger partial charge is 0.287 e. The Morgan fingerprint density at radius 1 is 1.06 bits per heavy atom. The van der Waals surface area contributed by atoms with E-state index in [9.17, 15) is 14.4 Å². The van der Waals surface area contributed by atoms with Crippen LogP contribution < -0.4 is 11.1 Å². The van der Waals surface area contributed by atoms with Crippen LogP contribution in [0.25, 0.3) is 5.82 Å². The zero-order chi connectivity index (χ0) is 23.8. The van der Waals surface area contributed by atoms with Gasteiger partial charge >= 0.3 is 0 Å². The van der Waals surface area contributed by atoms with Crippen LogP contribution in [0.2, 0.25) is 0 Å². The second kappa shape index (κ2) is 11.1. The van der Waals surface area contributed by atoms with Crippen LogP contribution in [-0.2, 0) is 22.6 Å². The number of benzene rings is 1. The fourth-order valence-corrected chi connectivity index (χ4v) is 3.46. The van der Waals surface area contributed by atoms with Gasteiger partial charge in [0.25, 0.3) is 11.8 Å². The molecule has 0 aliphatic carbocycles. The summed E-state index contributed by atoms with van der Waals surface area (Å²) in [6.07, 6.45) is 3.45. The van der Waals surface area contributed by atoms with E-state index in [1.807, 2.05) is 36.4 Å². The topological polar surface area (TPSA) is 123 Å². The van der Waals surface area contributed by atoms with E-state index in [0.717, 1.165) is 24.3 Å². The fourth-order valence-electron chi connectivity index (χ4n) is 3.46. The first-order valence-corrected chi connectivity index (χ1v) is 10.8. The van der Waals surface area contributed by atoms with Crippen LogP contribution in [0.15, 0.2) is 60.9 Å². The summed E-state index contributed by atoms with van der Waals surface area (Å²) in [5, 5.41) is 7.21. The maximum absolute atomic E-state index is 13.1. The van der Waals surface area contributed by atoms with Crippen LogP contribution in [0.4, 0.5) is 0 Å². The van der Waals surface area contributed by atoms with Crippen molar-refractivity contribution in [1.29, 1.82) is 0 Å². The van der Waals surface area contributed by atoms with Gasteiger partial charge in [-0.15, -0.1) is 0 Å². The minimum Gasteiger partial charge on any atom is -0.363 e. The second-order valence-corrected chi connectivity index (χ2v) is 7.53. The van der Waals surface area contributed by atoms with E-state index in [2.05, 4.69) is 34.1 Å².